The summed E-state index contributed by atoms with van der Waals surface area (Å²) in [4.78, 5) is 12.9. The molecule has 7 nitrogen and oxygen atoms in total. The summed E-state index contributed by atoms with van der Waals surface area (Å²) in [5.41, 5.74) is 1.11. The van der Waals surface area contributed by atoms with Gasteiger partial charge >= 0.3 is 0 Å². The number of benzene rings is 2. The maximum Gasteiger partial charge on any atom is 0.220 e. The quantitative estimate of drug-likeness (QED) is 0.594. The maximum absolute atomic E-state index is 13.1. The summed E-state index contributed by atoms with van der Waals surface area (Å²) in [5, 5.41) is 13.9. The average molecular weight is 434 g/mol. The van der Waals surface area contributed by atoms with E-state index in [2.05, 4.69) is 9.46 Å². The van der Waals surface area contributed by atoms with Gasteiger partial charge in [0.25, 0.3) is 0 Å². The molecular formula is C20H20ClN3O4S. The van der Waals surface area contributed by atoms with Gasteiger partial charge in [0, 0.05) is 18.9 Å². The molecule has 1 heterocycles. The molecule has 0 fully saturated rings. The molecule has 0 aliphatic rings. The summed E-state index contributed by atoms with van der Waals surface area (Å²) in [6.45, 7) is 0. The van der Waals surface area contributed by atoms with Crippen LogP contribution in [-0.2, 0) is 22.5 Å². The van der Waals surface area contributed by atoms with Crippen LogP contribution >= 0.6 is 11.6 Å². The van der Waals surface area contributed by atoms with Crippen LogP contribution in [0.15, 0.2) is 53.0 Å². The SMILES string of the molecule is COc1ccc(C(=O)c2cnn(C)c2O)c(Cl)c1N=S(C)(=O)Cc1ccccc1. The normalized spacial score (nSPS) is 13.0. The molecule has 1 unspecified atom stereocenters. The molecule has 0 aliphatic carbocycles. The van der Waals surface area contributed by atoms with Crippen molar-refractivity contribution in [3.63, 3.8) is 0 Å². The van der Waals surface area contributed by atoms with Gasteiger partial charge in [0.1, 0.15) is 17.0 Å². The molecule has 0 spiro atoms. The number of aromatic hydroxyl groups is 1. The summed E-state index contributed by atoms with van der Waals surface area (Å²) in [6, 6.07) is 12.3. The van der Waals surface area contributed by atoms with Crippen molar-refractivity contribution in [1.29, 1.82) is 0 Å². The zero-order valence-corrected chi connectivity index (χ0v) is 17.7. The third-order valence-electron chi connectivity index (χ3n) is 4.26. The van der Waals surface area contributed by atoms with Crippen molar-refractivity contribution in [1.82, 2.24) is 9.78 Å². The van der Waals surface area contributed by atoms with E-state index in [4.69, 9.17) is 16.3 Å². The van der Waals surface area contributed by atoms with Gasteiger partial charge in [-0.1, -0.05) is 41.9 Å². The molecule has 9 heteroatoms. The van der Waals surface area contributed by atoms with Crippen LogP contribution in [0.1, 0.15) is 21.5 Å². The Bertz CT molecular complexity index is 1180. The second-order valence-corrected chi connectivity index (χ2v) is 9.26. The number of methoxy groups -OCH3 is 1. The van der Waals surface area contributed by atoms with E-state index >= 15 is 0 Å². The van der Waals surface area contributed by atoms with Gasteiger partial charge in [0.05, 0.1) is 33.8 Å². The Balaban J connectivity index is 2.09. The highest BCUT2D eigenvalue weighted by Crippen LogP contribution is 2.40. The van der Waals surface area contributed by atoms with E-state index < -0.39 is 15.5 Å². The van der Waals surface area contributed by atoms with Gasteiger partial charge in [-0.2, -0.15) is 9.46 Å². The van der Waals surface area contributed by atoms with Gasteiger partial charge in [-0.3, -0.25) is 4.79 Å². The summed E-state index contributed by atoms with van der Waals surface area (Å²) in [5.74, 6) is -0.284. The van der Waals surface area contributed by atoms with Crippen molar-refractivity contribution in [3.05, 3.63) is 70.4 Å². The number of ether oxygens (including phenoxy) is 1. The molecule has 3 aromatic rings. The first-order chi connectivity index (χ1) is 13.7. The van der Waals surface area contributed by atoms with E-state index in [-0.39, 0.29) is 33.5 Å². The first-order valence-electron chi connectivity index (χ1n) is 8.59. The Hall–Kier alpha value is -2.84. The summed E-state index contributed by atoms with van der Waals surface area (Å²) in [6.07, 6.45) is 2.78. The van der Waals surface area contributed by atoms with Gasteiger partial charge in [0.15, 0.2) is 0 Å². The Morgan fingerprint density at radius 3 is 2.52 bits per heavy atom. The van der Waals surface area contributed by atoms with Crippen molar-refractivity contribution in [2.24, 2.45) is 11.4 Å². The number of hydrogen-bond donors (Lipinski definition) is 1. The number of rotatable bonds is 6. The van der Waals surface area contributed by atoms with Crippen LogP contribution in [0.4, 0.5) is 5.69 Å². The predicted octanol–water partition coefficient (Wildman–Crippen LogP) is 3.95. The van der Waals surface area contributed by atoms with Gasteiger partial charge in [-0.15, -0.1) is 0 Å². The molecule has 0 radical (unpaired) electrons. The number of carbonyl (C=O) groups excluding carboxylic acids is 1. The Kier molecular flexibility index (Phi) is 5.95. The highest BCUT2D eigenvalue weighted by molar-refractivity contribution is 7.92. The van der Waals surface area contributed by atoms with E-state index in [0.717, 1.165) is 5.56 Å². The number of ketones is 1. The third kappa shape index (κ3) is 4.44. The molecule has 29 heavy (non-hydrogen) atoms. The third-order valence-corrected chi connectivity index (χ3v) is 6.08. The lowest BCUT2D eigenvalue weighted by atomic mass is 10.0. The minimum Gasteiger partial charge on any atom is -0.494 e. The van der Waals surface area contributed by atoms with E-state index in [9.17, 15) is 14.1 Å². The number of nitrogens with zero attached hydrogens (tertiary/aromatic N) is 3. The van der Waals surface area contributed by atoms with Crippen molar-refractivity contribution >= 4 is 32.8 Å². The Labute approximate surface area is 174 Å². The van der Waals surface area contributed by atoms with Crippen LogP contribution in [0.5, 0.6) is 11.6 Å². The van der Waals surface area contributed by atoms with Crippen LogP contribution in [0.25, 0.3) is 0 Å². The highest BCUT2D eigenvalue weighted by atomic mass is 35.5. The summed E-state index contributed by atoms with van der Waals surface area (Å²) >= 11 is 6.48. The van der Waals surface area contributed by atoms with Crippen molar-refractivity contribution in [2.45, 2.75) is 5.75 Å². The topological polar surface area (TPSA) is 93.8 Å². The van der Waals surface area contributed by atoms with E-state index in [1.165, 1.54) is 43.4 Å². The van der Waals surface area contributed by atoms with Crippen LogP contribution in [0.2, 0.25) is 5.02 Å². The molecule has 1 atom stereocenters. The average Bonchev–Trinajstić information content (AvgIpc) is 3.02. The van der Waals surface area contributed by atoms with Gasteiger partial charge in [-0.25, -0.2) is 8.89 Å². The fraction of sp³-hybridized carbons (Fsp3) is 0.200. The molecule has 152 valence electrons. The molecular weight excluding hydrogens is 414 g/mol. The van der Waals surface area contributed by atoms with Crippen molar-refractivity contribution < 1.29 is 18.8 Å². The van der Waals surface area contributed by atoms with Gasteiger partial charge < -0.3 is 9.84 Å². The molecule has 0 aliphatic heterocycles. The van der Waals surface area contributed by atoms with Gasteiger partial charge in [0.2, 0.25) is 11.7 Å². The molecule has 1 N–H and O–H groups in total. The van der Waals surface area contributed by atoms with Crippen LogP contribution in [0, 0.1) is 0 Å². The number of halogens is 1. The summed E-state index contributed by atoms with van der Waals surface area (Å²) < 4.78 is 24.0. The van der Waals surface area contributed by atoms with Crippen LogP contribution < -0.4 is 4.74 Å². The number of aromatic nitrogens is 2. The minimum absolute atomic E-state index is 0.000222. The monoisotopic (exact) mass is 433 g/mol. The maximum atomic E-state index is 13.1. The zero-order valence-electron chi connectivity index (χ0n) is 16.1. The molecule has 0 amide bonds. The van der Waals surface area contributed by atoms with E-state index in [1.807, 2.05) is 30.3 Å². The van der Waals surface area contributed by atoms with Crippen molar-refractivity contribution in [2.75, 3.05) is 13.4 Å². The summed E-state index contributed by atoms with van der Waals surface area (Å²) in [7, 11) is 0.230. The molecule has 2 aromatic carbocycles. The van der Waals surface area contributed by atoms with Gasteiger partial charge in [-0.05, 0) is 17.7 Å². The fourth-order valence-electron chi connectivity index (χ4n) is 2.82. The Morgan fingerprint density at radius 1 is 1.24 bits per heavy atom. The molecule has 1 aromatic heterocycles. The minimum atomic E-state index is -2.72. The number of carbonyl (C=O) groups is 1. The van der Waals surface area contributed by atoms with Crippen LogP contribution in [0.3, 0.4) is 0 Å². The second kappa shape index (κ2) is 8.26. The first kappa shape index (κ1) is 20.9. The fourth-order valence-corrected chi connectivity index (χ4v) is 4.59. The first-order valence-corrected chi connectivity index (χ1v) is 11.1. The molecule has 0 saturated heterocycles. The predicted molar refractivity (Wildman–Crippen MR) is 113 cm³/mol. The lowest BCUT2D eigenvalue weighted by Crippen LogP contribution is -2.04. The van der Waals surface area contributed by atoms with E-state index in [0.29, 0.717) is 5.75 Å². The van der Waals surface area contributed by atoms with Crippen LogP contribution in [-0.4, -0.2) is 38.2 Å². The highest BCUT2D eigenvalue weighted by Gasteiger charge is 2.23. The second-order valence-electron chi connectivity index (χ2n) is 6.49. The zero-order chi connectivity index (χ0) is 21.2. The van der Waals surface area contributed by atoms with E-state index in [1.54, 1.807) is 0 Å². The lowest BCUT2D eigenvalue weighted by Gasteiger charge is -2.12. The molecule has 0 saturated carbocycles. The lowest BCUT2D eigenvalue weighted by molar-refractivity contribution is 0.103. The number of hydrogen-bond acceptors (Lipinski definition) is 6. The standard InChI is InChI=1S/C20H20ClN3O4S/c1-24-20(26)15(11-22-24)19(25)14-9-10-16(28-2)18(17(14)21)23-29(3,27)12-13-7-5-4-6-8-13/h4-11,26H,12H2,1-3H3. The smallest absolute Gasteiger partial charge is 0.220 e. The largest absolute Gasteiger partial charge is 0.494 e. The molecule has 3 rings (SSSR count). The molecule has 0 bridgehead atoms. The Morgan fingerprint density at radius 2 is 1.93 bits per heavy atom. The van der Waals surface area contributed by atoms with Crippen molar-refractivity contribution in [3.8, 4) is 11.6 Å². The number of aryl methyl sites for hydroxylation is 1.